The first-order chi connectivity index (χ1) is 12.7. The van der Waals surface area contributed by atoms with E-state index in [9.17, 15) is 0 Å². The minimum Gasteiger partial charge on any atom is -0.261 e. The zero-order valence-corrected chi connectivity index (χ0v) is 16.3. The normalized spacial score (nSPS) is 11.4. The fourth-order valence-electron chi connectivity index (χ4n) is 2.56. The van der Waals surface area contributed by atoms with E-state index in [4.69, 9.17) is 11.8 Å². The van der Waals surface area contributed by atoms with E-state index in [-0.39, 0.29) is 0 Å². The van der Waals surface area contributed by atoms with E-state index in [1.54, 1.807) is 0 Å². The predicted octanol–water partition coefficient (Wildman–Crippen LogP) is 4.58. The first-order valence-corrected chi connectivity index (χ1v) is 11.5. The first kappa shape index (κ1) is 19.0. The summed E-state index contributed by atoms with van der Waals surface area (Å²) in [6.07, 6.45) is 0. The molecule has 0 spiro atoms. The molecule has 0 radical (unpaired) electrons. The quantitative estimate of drug-likeness (QED) is 0.474. The van der Waals surface area contributed by atoms with E-state index < -0.39 is 6.49 Å². The Morgan fingerprint density at radius 2 is 0.769 bits per heavy atom. The van der Waals surface area contributed by atoms with Crippen molar-refractivity contribution < 1.29 is 0 Å². The molecule has 0 saturated heterocycles. The molecular weight excluding hydrogens is 357 g/mol. The highest BCUT2D eigenvalue weighted by atomic mass is 32.4. The second-order valence-corrected chi connectivity index (χ2v) is 9.88. The number of rotatable bonds is 9. The van der Waals surface area contributed by atoms with Crippen LogP contribution in [0.4, 0.5) is 0 Å². The lowest BCUT2D eigenvalue weighted by atomic mass is 10.2. The molecule has 0 atom stereocenters. The second kappa shape index (κ2) is 9.77. The van der Waals surface area contributed by atoms with Crippen LogP contribution in [-0.2, 0) is 31.4 Å². The van der Waals surface area contributed by atoms with Crippen LogP contribution in [0.3, 0.4) is 0 Å². The molecule has 0 aliphatic carbocycles. The Morgan fingerprint density at radius 3 is 1.04 bits per heavy atom. The van der Waals surface area contributed by atoms with Gasteiger partial charge in [-0.1, -0.05) is 91.0 Å². The third kappa shape index (κ3) is 6.17. The summed E-state index contributed by atoms with van der Waals surface area (Å²) >= 11 is 5.98. The average Bonchev–Trinajstić information content (AvgIpc) is 2.72. The molecule has 0 saturated carbocycles. The van der Waals surface area contributed by atoms with E-state index in [1.807, 2.05) is 18.2 Å². The number of hydrogen-bond acceptors (Lipinski definition) is 1. The van der Waals surface area contributed by atoms with Gasteiger partial charge in [0.15, 0.2) is 0 Å². The highest BCUT2D eigenvalue weighted by Crippen LogP contribution is 2.32. The highest BCUT2D eigenvalue weighted by molar-refractivity contribution is 8.11. The Morgan fingerprint density at radius 1 is 0.500 bits per heavy atom. The summed E-state index contributed by atoms with van der Waals surface area (Å²) in [5, 5.41) is 10.7. The monoisotopic (exact) mass is 381 g/mol. The van der Waals surface area contributed by atoms with Gasteiger partial charge in [-0.15, -0.1) is 0 Å². The van der Waals surface area contributed by atoms with Gasteiger partial charge in [-0.05, 0) is 28.5 Å². The van der Waals surface area contributed by atoms with Gasteiger partial charge >= 0.3 is 0 Å². The van der Waals surface area contributed by atoms with Gasteiger partial charge in [0.1, 0.15) is 6.49 Å². The van der Waals surface area contributed by atoms with Crippen LogP contribution in [0, 0.1) is 0 Å². The van der Waals surface area contributed by atoms with E-state index >= 15 is 0 Å². The van der Waals surface area contributed by atoms with Crippen molar-refractivity contribution in [3.05, 3.63) is 108 Å². The highest BCUT2D eigenvalue weighted by Gasteiger charge is 2.15. The lowest BCUT2D eigenvalue weighted by molar-refractivity contribution is 0.827. The van der Waals surface area contributed by atoms with Crippen molar-refractivity contribution >= 4 is 18.3 Å². The molecule has 0 bridgehead atoms. The van der Waals surface area contributed by atoms with Crippen LogP contribution >= 0.6 is 6.49 Å². The van der Waals surface area contributed by atoms with Crippen molar-refractivity contribution in [3.63, 3.8) is 0 Å². The minimum absolute atomic E-state index is 0.738. The Bertz CT molecular complexity index is 713. The van der Waals surface area contributed by atoms with Crippen LogP contribution in [0.15, 0.2) is 91.0 Å². The molecule has 0 aliphatic rings. The molecule has 0 aliphatic heterocycles. The van der Waals surface area contributed by atoms with Crippen molar-refractivity contribution in [2.24, 2.45) is 0 Å². The summed E-state index contributed by atoms with van der Waals surface area (Å²) in [5.41, 5.74) is 3.68. The SMILES string of the molecule is S=P(NCc1ccccc1)(NCc1ccccc1)NCc1ccccc1. The maximum Gasteiger partial charge on any atom is 0.138 e. The maximum atomic E-state index is 5.98. The molecule has 5 heteroatoms. The molecule has 3 aromatic rings. The summed E-state index contributed by atoms with van der Waals surface area (Å²) in [6.45, 7) is 0.0810. The summed E-state index contributed by atoms with van der Waals surface area (Å²) in [6, 6.07) is 31.1. The summed E-state index contributed by atoms with van der Waals surface area (Å²) in [7, 11) is 0. The van der Waals surface area contributed by atoms with Crippen molar-refractivity contribution in [2.45, 2.75) is 19.6 Å². The van der Waals surface area contributed by atoms with Gasteiger partial charge in [-0.2, -0.15) is 0 Å². The maximum absolute atomic E-state index is 5.98. The molecule has 0 unspecified atom stereocenters. The van der Waals surface area contributed by atoms with E-state index in [2.05, 4.69) is 88.1 Å². The summed E-state index contributed by atoms with van der Waals surface area (Å²) in [4.78, 5) is 0. The molecule has 3 rings (SSSR count). The Hall–Kier alpha value is -1.81. The lowest BCUT2D eigenvalue weighted by Gasteiger charge is -2.26. The Kier molecular flexibility index (Phi) is 7.13. The predicted molar refractivity (Wildman–Crippen MR) is 114 cm³/mol. The van der Waals surface area contributed by atoms with Crippen LogP contribution in [-0.4, -0.2) is 0 Å². The van der Waals surface area contributed by atoms with Gasteiger partial charge in [-0.25, -0.2) is 0 Å². The molecule has 26 heavy (non-hydrogen) atoms. The number of benzene rings is 3. The fourth-order valence-corrected chi connectivity index (χ4v) is 4.70. The molecule has 0 aromatic heterocycles. The van der Waals surface area contributed by atoms with Gasteiger partial charge < -0.3 is 0 Å². The molecular formula is C21H24N3PS. The molecule has 3 N–H and O–H groups in total. The molecule has 3 nitrogen and oxygen atoms in total. The Balaban J connectivity index is 1.65. The molecule has 0 fully saturated rings. The summed E-state index contributed by atoms with van der Waals surface area (Å²) in [5.74, 6) is 0. The lowest BCUT2D eigenvalue weighted by Crippen LogP contribution is -2.31. The number of nitrogens with one attached hydrogen (secondary N) is 3. The van der Waals surface area contributed by atoms with Crippen LogP contribution in [0.5, 0.6) is 0 Å². The van der Waals surface area contributed by atoms with Gasteiger partial charge in [-0.3, -0.25) is 15.3 Å². The fraction of sp³-hybridized carbons (Fsp3) is 0.143. The van der Waals surface area contributed by atoms with Crippen molar-refractivity contribution in [2.75, 3.05) is 0 Å². The van der Waals surface area contributed by atoms with Gasteiger partial charge in [0.05, 0.1) is 0 Å². The van der Waals surface area contributed by atoms with Gasteiger partial charge in [0.2, 0.25) is 0 Å². The van der Waals surface area contributed by atoms with E-state index in [0.717, 1.165) is 19.6 Å². The first-order valence-electron chi connectivity index (χ1n) is 8.71. The van der Waals surface area contributed by atoms with Crippen LogP contribution < -0.4 is 15.3 Å². The van der Waals surface area contributed by atoms with Crippen molar-refractivity contribution in [1.29, 1.82) is 0 Å². The van der Waals surface area contributed by atoms with E-state index in [1.165, 1.54) is 16.7 Å². The van der Waals surface area contributed by atoms with E-state index in [0.29, 0.717) is 0 Å². The van der Waals surface area contributed by atoms with Crippen molar-refractivity contribution in [1.82, 2.24) is 15.3 Å². The zero-order valence-electron chi connectivity index (χ0n) is 14.6. The van der Waals surface area contributed by atoms with Gasteiger partial charge in [0, 0.05) is 19.6 Å². The summed E-state index contributed by atoms with van der Waals surface area (Å²) < 4.78 is 0. The zero-order chi connectivity index (χ0) is 18.1. The Labute approximate surface area is 161 Å². The molecule has 0 heterocycles. The molecule has 0 amide bonds. The minimum atomic E-state index is -2.13. The third-order valence-electron chi connectivity index (χ3n) is 4.05. The third-order valence-corrected chi connectivity index (χ3v) is 7.02. The van der Waals surface area contributed by atoms with Crippen molar-refractivity contribution in [3.8, 4) is 0 Å². The largest absolute Gasteiger partial charge is 0.261 e. The van der Waals surface area contributed by atoms with Crippen LogP contribution in [0.2, 0.25) is 0 Å². The van der Waals surface area contributed by atoms with Crippen LogP contribution in [0.1, 0.15) is 16.7 Å². The number of hydrogen-bond donors (Lipinski definition) is 3. The van der Waals surface area contributed by atoms with Crippen LogP contribution in [0.25, 0.3) is 0 Å². The molecule has 134 valence electrons. The average molecular weight is 381 g/mol. The second-order valence-electron chi connectivity index (χ2n) is 6.07. The van der Waals surface area contributed by atoms with Gasteiger partial charge in [0.25, 0.3) is 0 Å². The molecule has 3 aromatic carbocycles. The topological polar surface area (TPSA) is 36.1 Å². The smallest absolute Gasteiger partial charge is 0.138 e. The standard InChI is InChI=1S/C21H24N3PS/c26-25(22-16-19-10-4-1-5-11-19,23-17-20-12-6-2-7-13-20)24-18-21-14-8-3-9-15-21/h1-15H,16-18H2,(H3,22,23,24,26).